The van der Waals surface area contributed by atoms with Crippen LogP contribution in [-0.4, -0.2) is 6.54 Å². The van der Waals surface area contributed by atoms with Crippen LogP contribution in [0.3, 0.4) is 0 Å². The number of hydrogen-bond acceptors (Lipinski definition) is 1. The normalized spacial score (nSPS) is 13.2. The van der Waals surface area contributed by atoms with Crippen molar-refractivity contribution in [1.29, 1.82) is 0 Å². The van der Waals surface area contributed by atoms with Crippen LogP contribution in [0.25, 0.3) is 0 Å². The summed E-state index contributed by atoms with van der Waals surface area (Å²) in [5.41, 5.74) is 3.81. The number of aryl methyl sites for hydroxylation is 2. The summed E-state index contributed by atoms with van der Waals surface area (Å²) < 4.78 is 0. The van der Waals surface area contributed by atoms with Crippen LogP contribution in [0.4, 0.5) is 0 Å². The molecule has 1 N–H and O–H groups in total. The summed E-state index contributed by atoms with van der Waals surface area (Å²) >= 11 is 6.13. The van der Waals surface area contributed by atoms with Crippen molar-refractivity contribution < 1.29 is 0 Å². The molecule has 16 heavy (non-hydrogen) atoms. The number of hydrogen-bond donors (Lipinski definition) is 1. The highest BCUT2D eigenvalue weighted by molar-refractivity contribution is 6.31. The summed E-state index contributed by atoms with van der Waals surface area (Å²) in [6.07, 6.45) is 0. The molecule has 0 saturated heterocycles. The minimum atomic E-state index is 0.418. The molecule has 90 valence electrons. The molecule has 0 radical (unpaired) electrons. The lowest BCUT2D eigenvalue weighted by molar-refractivity contribution is 0.420. The van der Waals surface area contributed by atoms with E-state index in [1.54, 1.807) is 0 Å². The molecule has 0 spiro atoms. The summed E-state index contributed by atoms with van der Waals surface area (Å²) in [7, 11) is 0. The first-order valence-corrected chi connectivity index (χ1v) is 6.35. The van der Waals surface area contributed by atoms with E-state index >= 15 is 0 Å². The summed E-state index contributed by atoms with van der Waals surface area (Å²) in [5.74, 6) is 0.583. The second-order valence-electron chi connectivity index (χ2n) is 4.74. The van der Waals surface area contributed by atoms with Crippen molar-refractivity contribution in [3.05, 3.63) is 33.8 Å². The molecule has 1 aromatic carbocycles. The first kappa shape index (κ1) is 13.5. The molecule has 0 fully saturated rings. The van der Waals surface area contributed by atoms with Crippen molar-refractivity contribution >= 4 is 11.6 Å². The van der Waals surface area contributed by atoms with Crippen LogP contribution in [0, 0.1) is 19.8 Å². The fourth-order valence-electron chi connectivity index (χ4n) is 2.06. The van der Waals surface area contributed by atoms with Gasteiger partial charge in [0.25, 0.3) is 0 Å². The second-order valence-corrected chi connectivity index (χ2v) is 5.14. The first-order chi connectivity index (χ1) is 7.47. The lowest BCUT2D eigenvalue weighted by Crippen LogP contribution is -2.26. The van der Waals surface area contributed by atoms with Crippen molar-refractivity contribution in [3.8, 4) is 0 Å². The van der Waals surface area contributed by atoms with Gasteiger partial charge in [0.1, 0.15) is 0 Å². The Kier molecular flexibility index (Phi) is 4.82. The Morgan fingerprint density at radius 3 is 2.31 bits per heavy atom. The lowest BCUT2D eigenvalue weighted by Gasteiger charge is -2.24. The van der Waals surface area contributed by atoms with Crippen LogP contribution in [0.2, 0.25) is 5.02 Å². The highest BCUT2D eigenvalue weighted by Gasteiger charge is 2.17. The zero-order valence-electron chi connectivity index (χ0n) is 10.9. The molecule has 0 saturated carbocycles. The van der Waals surface area contributed by atoms with E-state index in [1.165, 1.54) is 11.1 Å². The van der Waals surface area contributed by atoms with Gasteiger partial charge in [-0.05, 0) is 49.1 Å². The van der Waals surface area contributed by atoms with Crippen LogP contribution >= 0.6 is 11.6 Å². The van der Waals surface area contributed by atoms with E-state index in [-0.39, 0.29) is 0 Å². The van der Waals surface area contributed by atoms with Crippen LogP contribution < -0.4 is 5.32 Å². The van der Waals surface area contributed by atoms with E-state index in [0.29, 0.717) is 12.0 Å². The minimum absolute atomic E-state index is 0.418. The predicted octanol–water partition coefficient (Wildman–Crippen LogP) is 4.26. The zero-order valence-corrected chi connectivity index (χ0v) is 11.7. The maximum atomic E-state index is 6.13. The molecule has 0 heterocycles. The molecule has 1 atom stereocenters. The standard InChI is InChI=1S/C14H22ClN/c1-6-16-14(9(2)3)12-7-11(5)13(15)8-10(12)4/h7-9,14,16H,6H2,1-5H3. The maximum absolute atomic E-state index is 6.13. The van der Waals surface area contributed by atoms with E-state index in [1.807, 2.05) is 0 Å². The van der Waals surface area contributed by atoms with E-state index in [2.05, 4.69) is 52.1 Å². The first-order valence-electron chi connectivity index (χ1n) is 5.97. The van der Waals surface area contributed by atoms with Crippen molar-refractivity contribution in [2.75, 3.05) is 6.54 Å². The average molecular weight is 240 g/mol. The smallest absolute Gasteiger partial charge is 0.0438 e. The Hall–Kier alpha value is -0.530. The monoisotopic (exact) mass is 239 g/mol. The number of nitrogens with one attached hydrogen (secondary N) is 1. The average Bonchev–Trinajstić information content (AvgIpc) is 2.20. The minimum Gasteiger partial charge on any atom is -0.310 e. The van der Waals surface area contributed by atoms with Gasteiger partial charge in [-0.25, -0.2) is 0 Å². The number of halogens is 1. The molecule has 0 aliphatic heterocycles. The van der Waals surface area contributed by atoms with Gasteiger partial charge in [-0.2, -0.15) is 0 Å². The van der Waals surface area contributed by atoms with Gasteiger partial charge in [-0.3, -0.25) is 0 Å². The molecule has 0 aromatic heterocycles. The highest BCUT2D eigenvalue weighted by Crippen LogP contribution is 2.28. The second kappa shape index (κ2) is 5.70. The fraction of sp³-hybridized carbons (Fsp3) is 0.571. The van der Waals surface area contributed by atoms with Crippen molar-refractivity contribution in [2.45, 2.75) is 40.7 Å². The molecule has 1 aromatic rings. The molecular weight excluding hydrogens is 218 g/mol. The molecular formula is C14H22ClN. The van der Waals surface area contributed by atoms with Crippen LogP contribution in [-0.2, 0) is 0 Å². The zero-order chi connectivity index (χ0) is 12.3. The van der Waals surface area contributed by atoms with E-state index in [4.69, 9.17) is 11.6 Å². The van der Waals surface area contributed by atoms with Crippen LogP contribution in [0.15, 0.2) is 12.1 Å². The predicted molar refractivity (Wildman–Crippen MR) is 72.2 cm³/mol. The van der Waals surface area contributed by atoms with E-state index in [9.17, 15) is 0 Å². The molecule has 1 unspecified atom stereocenters. The van der Waals surface area contributed by atoms with Gasteiger partial charge >= 0.3 is 0 Å². The SMILES string of the molecule is CCNC(c1cc(C)c(Cl)cc1C)C(C)C. The van der Waals surface area contributed by atoms with Gasteiger partial charge < -0.3 is 5.32 Å². The third-order valence-electron chi connectivity index (χ3n) is 2.97. The van der Waals surface area contributed by atoms with Gasteiger partial charge in [-0.1, -0.05) is 38.4 Å². The van der Waals surface area contributed by atoms with Gasteiger partial charge in [0.05, 0.1) is 0 Å². The van der Waals surface area contributed by atoms with Gasteiger partial charge in [0, 0.05) is 11.1 Å². The van der Waals surface area contributed by atoms with Gasteiger partial charge in [0.15, 0.2) is 0 Å². The van der Waals surface area contributed by atoms with Crippen molar-refractivity contribution in [3.63, 3.8) is 0 Å². The van der Waals surface area contributed by atoms with E-state index in [0.717, 1.165) is 17.1 Å². The molecule has 2 heteroatoms. The molecule has 1 rings (SSSR count). The number of rotatable bonds is 4. The Bertz CT molecular complexity index is 358. The topological polar surface area (TPSA) is 12.0 Å². The Morgan fingerprint density at radius 1 is 1.19 bits per heavy atom. The quantitative estimate of drug-likeness (QED) is 0.828. The molecule has 0 aliphatic rings. The Labute approximate surface area is 104 Å². The van der Waals surface area contributed by atoms with Gasteiger partial charge in [-0.15, -0.1) is 0 Å². The molecule has 0 amide bonds. The molecule has 1 nitrogen and oxygen atoms in total. The summed E-state index contributed by atoms with van der Waals surface area (Å²) in [6.45, 7) is 11.8. The van der Waals surface area contributed by atoms with Crippen molar-refractivity contribution in [1.82, 2.24) is 5.32 Å². The molecule has 0 bridgehead atoms. The Morgan fingerprint density at radius 2 is 1.81 bits per heavy atom. The third-order valence-corrected chi connectivity index (χ3v) is 3.38. The maximum Gasteiger partial charge on any atom is 0.0438 e. The third kappa shape index (κ3) is 2.99. The summed E-state index contributed by atoms with van der Waals surface area (Å²) in [5, 5.41) is 4.40. The Balaban J connectivity index is 3.13. The van der Waals surface area contributed by atoms with E-state index < -0.39 is 0 Å². The van der Waals surface area contributed by atoms with Crippen LogP contribution in [0.5, 0.6) is 0 Å². The fourth-order valence-corrected chi connectivity index (χ4v) is 2.28. The van der Waals surface area contributed by atoms with Gasteiger partial charge in [0.2, 0.25) is 0 Å². The van der Waals surface area contributed by atoms with Crippen molar-refractivity contribution in [2.24, 2.45) is 5.92 Å². The highest BCUT2D eigenvalue weighted by atomic mass is 35.5. The summed E-state index contributed by atoms with van der Waals surface area (Å²) in [6, 6.07) is 4.70. The lowest BCUT2D eigenvalue weighted by atomic mass is 9.91. The molecule has 0 aliphatic carbocycles. The number of benzene rings is 1. The summed E-state index contributed by atoms with van der Waals surface area (Å²) in [4.78, 5) is 0. The van der Waals surface area contributed by atoms with Crippen LogP contribution in [0.1, 0.15) is 43.5 Å². The largest absolute Gasteiger partial charge is 0.310 e.